The van der Waals surface area contributed by atoms with E-state index in [1.54, 1.807) is 18.3 Å². The van der Waals surface area contributed by atoms with Crippen LogP contribution >= 0.6 is 27.7 Å². The number of aromatic nitrogens is 3. The third-order valence-electron chi connectivity index (χ3n) is 3.04. The quantitative estimate of drug-likeness (QED) is 0.787. The monoisotopic (exact) mass is 369 g/mol. The largest absolute Gasteiger partial charge is 0.478 e. The van der Waals surface area contributed by atoms with Crippen LogP contribution in [0.2, 0.25) is 0 Å². The first-order valence-corrected chi connectivity index (χ1v) is 8.41. The number of carbonyl (C=O) groups is 1. The minimum absolute atomic E-state index is 0.233. The molecule has 112 valence electrons. The zero-order chi connectivity index (χ0) is 15.4. The number of nitrogens with zero attached hydrogens (tertiary/aromatic N) is 3. The molecule has 21 heavy (non-hydrogen) atoms. The first-order valence-electron chi connectivity index (χ1n) is 6.63. The Kier molecular flexibility index (Phi) is 5.41. The van der Waals surface area contributed by atoms with E-state index in [1.807, 2.05) is 11.6 Å². The van der Waals surface area contributed by atoms with Crippen molar-refractivity contribution in [2.45, 2.75) is 37.6 Å². The van der Waals surface area contributed by atoms with Crippen molar-refractivity contribution in [2.75, 3.05) is 0 Å². The molecule has 0 amide bonds. The van der Waals surface area contributed by atoms with Gasteiger partial charge in [-0.3, -0.25) is 4.68 Å². The second-order valence-corrected chi connectivity index (χ2v) is 6.08. The number of aryl methyl sites for hydroxylation is 2. The number of carboxylic acids is 1. The van der Waals surface area contributed by atoms with Crippen molar-refractivity contribution < 1.29 is 9.90 Å². The van der Waals surface area contributed by atoms with Crippen LogP contribution in [0.15, 0.2) is 27.8 Å². The number of aromatic carboxylic acids is 1. The third-order valence-corrected chi connectivity index (χ3v) is 4.97. The maximum atomic E-state index is 11.2. The lowest BCUT2D eigenvalue weighted by Gasteiger charge is -2.07. The highest BCUT2D eigenvalue weighted by Crippen LogP contribution is 2.30. The molecule has 7 heteroatoms. The van der Waals surface area contributed by atoms with Gasteiger partial charge in [-0.2, -0.15) is 5.10 Å². The summed E-state index contributed by atoms with van der Waals surface area (Å²) < 4.78 is 2.95. The molecule has 2 rings (SSSR count). The van der Waals surface area contributed by atoms with Crippen LogP contribution in [0.4, 0.5) is 0 Å². The molecule has 0 aliphatic heterocycles. The Morgan fingerprint density at radius 3 is 2.86 bits per heavy atom. The van der Waals surface area contributed by atoms with Crippen LogP contribution in [0.3, 0.4) is 0 Å². The van der Waals surface area contributed by atoms with E-state index >= 15 is 0 Å². The highest BCUT2D eigenvalue weighted by molar-refractivity contribution is 9.10. The van der Waals surface area contributed by atoms with Gasteiger partial charge in [0.15, 0.2) is 0 Å². The van der Waals surface area contributed by atoms with Crippen LogP contribution in [0.25, 0.3) is 0 Å². The number of thioether (sulfide) groups is 1. The Labute approximate surface area is 135 Å². The normalized spacial score (nSPS) is 10.8. The summed E-state index contributed by atoms with van der Waals surface area (Å²) in [4.78, 5) is 15.4. The lowest BCUT2D eigenvalue weighted by Crippen LogP contribution is -2.03. The molecule has 1 N–H and O–H groups in total. The highest BCUT2D eigenvalue weighted by Gasteiger charge is 2.16. The molecule has 2 aromatic rings. The fraction of sp³-hybridized carbons (Fsp3) is 0.357. The van der Waals surface area contributed by atoms with Gasteiger partial charge >= 0.3 is 5.97 Å². The summed E-state index contributed by atoms with van der Waals surface area (Å²) in [6.45, 7) is 4.88. The predicted molar refractivity (Wildman–Crippen MR) is 85.7 cm³/mol. The minimum Gasteiger partial charge on any atom is -0.478 e. The van der Waals surface area contributed by atoms with E-state index < -0.39 is 5.97 Å². The van der Waals surface area contributed by atoms with Crippen molar-refractivity contribution in [3.05, 3.63) is 39.8 Å². The van der Waals surface area contributed by atoms with Crippen LogP contribution in [0.1, 0.15) is 35.6 Å². The van der Waals surface area contributed by atoms with Crippen molar-refractivity contribution in [1.82, 2.24) is 14.8 Å². The van der Waals surface area contributed by atoms with Crippen LogP contribution in [-0.2, 0) is 18.7 Å². The second kappa shape index (κ2) is 7.09. The Hall–Kier alpha value is -1.34. The van der Waals surface area contributed by atoms with E-state index in [-0.39, 0.29) is 5.56 Å². The van der Waals surface area contributed by atoms with E-state index in [0.29, 0.717) is 10.8 Å². The molecule has 0 aromatic carbocycles. The van der Waals surface area contributed by atoms with Gasteiger partial charge < -0.3 is 5.11 Å². The molecule has 0 fully saturated rings. The molecule has 0 aliphatic rings. The van der Waals surface area contributed by atoms with E-state index in [4.69, 9.17) is 0 Å². The average Bonchev–Trinajstić information content (AvgIpc) is 2.80. The van der Waals surface area contributed by atoms with Crippen molar-refractivity contribution in [2.24, 2.45) is 0 Å². The summed E-state index contributed by atoms with van der Waals surface area (Å²) in [7, 11) is 0. The maximum Gasteiger partial charge on any atom is 0.338 e. The smallest absolute Gasteiger partial charge is 0.338 e. The van der Waals surface area contributed by atoms with E-state index in [2.05, 4.69) is 32.9 Å². The second-order valence-electron chi connectivity index (χ2n) is 4.33. The molecular weight excluding hydrogens is 354 g/mol. The molecule has 0 atom stereocenters. The lowest BCUT2D eigenvalue weighted by atomic mass is 10.3. The van der Waals surface area contributed by atoms with Crippen LogP contribution in [-0.4, -0.2) is 25.8 Å². The number of rotatable bonds is 6. The summed E-state index contributed by atoms with van der Waals surface area (Å²) in [5.74, 6) is -0.332. The highest BCUT2D eigenvalue weighted by atomic mass is 79.9. The number of pyridine rings is 1. The van der Waals surface area contributed by atoms with Gasteiger partial charge in [-0.05, 0) is 41.4 Å². The standard InChI is InChI=1S/C14H16BrN3O2S/c1-3-10-12(15)11(18(4-2)17-10)8-21-13-9(14(19)20)6-5-7-16-13/h5-7H,3-4,8H2,1-2H3,(H,19,20). The summed E-state index contributed by atoms with van der Waals surface area (Å²) in [6.07, 6.45) is 2.47. The zero-order valence-electron chi connectivity index (χ0n) is 11.8. The topological polar surface area (TPSA) is 68.0 Å². The number of carboxylic acid groups (broad SMARTS) is 1. The molecular formula is C14H16BrN3O2S. The van der Waals surface area contributed by atoms with E-state index in [0.717, 1.165) is 28.8 Å². The van der Waals surface area contributed by atoms with Crippen molar-refractivity contribution >= 4 is 33.7 Å². The summed E-state index contributed by atoms with van der Waals surface area (Å²) in [5.41, 5.74) is 2.31. The van der Waals surface area contributed by atoms with Gasteiger partial charge in [0.05, 0.1) is 21.4 Å². The van der Waals surface area contributed by atoms with Crippen molar-refractivity contribution in [3.8, 4) is 0 Å². The zero-order valence-corrected chi connectivity index (χ0v) is 14.2. The SMILES string of the molecule is CCc1nn(CC)c(CSc2ncccc2C(=O)O)c1Br. The maximum absolute atomic E-state index is 11.2. The molecule has 0 radical (unpaired) electrons. The molecule has 0 unspecified atom stereocenters. The first kappa shape index (κ1) is 16.0. The number of hydrogen-bond donors (Lipinski definition) is 1. The summed E-state index contributed by atoms with van der Waals surface area (Å²) in [6, 6.07) is 3.20. The molecule has 5 nitrogen and oxygen atoms in total. The first-order chi connectivity index (χ1) is 10.1. The molecule has 0 spiro atoms. The van der Waals surface area contributed by atoms with Gasteiger partial charge in [-0.15, -0.1) is 0 Å². The van der Waals surface area contributed by atoms with Gasteiger partial charge in [0.25, 0.3) is 0 Å². The average molecular weight is 370 g/mol. The Morgan fingerprint density at radius 1 is 1.48 bits per heavy atom. The van der Waals surface area contributed by atoms with Crippen molar-refractivity contribution in [1.29, 1.82) is 0 Å². The van der Waals surface area contributed by atoms with Crippen LogP contribution < -0.4 is 0 Å². The lowest BCUT2D eigenvalue weighted by molar-refractivity contribution is 0.0692. The van der Waals surface area contributed by atoms with Gasteiger partial charge in [-0.25, -0.2) is 9.78 Å². The molecule has 0 aliphatic carbocycles. The fourth-order valence-corrected chi connectivity index (χ4v) is 3.86. The van der Waals surface area contributed by atoms with E-state index in [9.17, 15) is 9.90 Å². The Balaban J connectivity index is 2.25. The molecule has 0 saturated heterocycles. The Morgan fingerprint density at radius 2 is 2.24 bits per heavy atom. The minimum atomic E-state index is -0.956. The van der Waals surface area contributed by atoms with Crippen molar-refractivity contribution in [3.63, 3.8) is 0 Å². The van der Waals surface area contributed by atoms with Gasteiger partial charge in [-0.1, -0.05) is 18.7 Å². The summed E-state index contributed by atoms with van der Waals surface area (Å²) in [5, 5.41) is 14.2. The fourth-order valence-electron chi connectivity index (χ4n) is 1.96. The Bertz CT molecular complexity index is 658. The predicted octanol–water partition coefficient (Wildman–Crippen LogP) is 3.61. The molecule has 2 heterocycles. The molecule has 2 aromatic heterocycles. The molecule has 0 bridgehead atoms. The van der Waals surface area contributed by atoms with Gasteiger partial charge in [0.1, 0.15) is 5.03 Å². The summed E-state index contributed by atoms with van der Waals surface area (Å²) >= 11 is 5.00. The van der Waals surface area contributed by atoms with Crippen LogP contribution in [0, 0.1) is 0 Å². The van der Waals surface area contributed by atoms with Gasteiger partial charge in [0, 0.05) is 18.5 Å². The third kappa shape index (κ3) is 3.47. The number of halogens is 1. The number of hydrogen-bond acceptors (Lipinski definition) is 4. The van der Waals surface area contributed by atoms with Gasteiger partial charge in [0.2, 0.25) is 0 Å². The molecule has 0 saturated carbocycles. The van der Waals surface area contributed by atoms with Crippen LogP contribution in [0.5, 0.6) is 0 Å². The van der Waals surface area contributed by atoms with E-state index in [1.165, 1.54) is 11.8 Å².